The van der Waals surface area contributed by atoms with Gasteiger partial charge in [-0.3, -0.25) is 4.79 Å². The van der Waals surface area contributed by atoms with Crippen molar-refractivity contribution in [3.8, 4) is 0 Å². The quantitative estimate of drug-likeness (QED) is 0.917. The van der Waals surface area contributed by atoms with E-state index in [2.05, 4.69) is 21.2 Å². The van der Waals surface area contributed by atoms with Crippen LogP contribution in [0.25, 0.3) is 0 Å². The number of Topliss-reactive ketones (excluding diaryl/α,β-unsaturated/α-hetero) is 1. The second kappa shape index (κ2) is 5.48. The SMILES string of the molecule is O=C1CCCC[C@H]1CNc1ccc(Br)cc1. The second-order valence-electron chi connectivity index (χ2n) is 4.30. The predicted molar refractivity (Wildman–Crippen MR) is 69.6 cm³/mol. The van der Waals surface area contributed by atoms with Gasteiger partial charge in [-0.05, 0) is 37.1 Å². The fraction of sp³-hybridized carbons (Fsp3) is 0.462. The van der Waals surface area contributed by atoms with E-state index < -0.39 is 0 Å². The summed E-state index contributed by atoms with van der Waals surface area (Å²) in [6.45, 7) is 0.778. The minimum absolute atomic E-state index is 0.220. The standard InChI is InChI=1S/C13H16BrNO/c14-11-5-7-12(8-6-11)15-9-10-3-1-2-4-13(10)16/h5-8,10,15H,1-4,9H2/t10-/m0/s1. The van der Waals surface area contributed by atoms with Crippen LogP contribution in [0.4, 0.5) is 5.69 Å². The predicted octanol–water partition coefficient (Wildman–Crippen LogP) is 3.62. The number of hydrogen-bond acceptors (Lipinski definition) is 2. The molecule has 0 spiro atoms. The molecule has 86 valence electrons. The lowest BCUT2D eigenvalue weighted by Crippen LogP contribution is -2.26. The Morgan fingerprint density at radius 3 is 2.69 bits per heavy atom. The van der Waals surface area contributed by atoms with Crippen molar-refractivity contribution in [2.45, 2.75) is 25.7 Å². The van der Waals surface area contributed by atoms with Crippen molar-refractivity contribution in [2.24, 2.45) is 5.92 Å². The Kier molecular flexibility index (Phi) is 3.99. The molecule has 1 aromatic carbocycles. The van der Waals surface area contributed by atoms with Gasteiger partial charge in [0.1, 0.15) is 5.78 Å². The van der Waals surface area contributed by atoms with Crippen LogP contribution in [0.2, 0.25) is 0 Å². The summed E-state index contributed by atoms with van der Waals surface area (Å²) in [6, 6.07) is 8.06. The van der Waals surface area contributed by atoms with Crippen molar-refractivity contribution < 1.29 is 4.79 Å². The van der Waals surface area contributed by atoms with Crippen LogP contribution in [0, 0.1) is 5.92 Å². The Bertz CT molecular complexity index is 361. The van der Waals surface area contributed by atoms with Gasteiger partial charge in [0, 0.05) is 29.0 Å². The summed E-state index contributed by atoms with van der Waals surface area (Å²) < 4.78 is 1.08. The summed E-state index contributed by atoms with van der Waals surface area (Å²) >= 11 is 3.40. The monoisotopic (exact) mass is 281 g/mol. The first-order valence-electron chi connectivity index (χ1n) is 5.78. The van der Waals surface area contributed by atoms with E-state index in [1.54, 1.807) is 0 Å². The van der Waals surface area contributed by atoms with E-state index >= 15 is 0 Å². The number of ketones is 1. The highest BCUT2D eigenvalue weighted by molar-refractivity contribution is 9.10. The van der Waals surface area contributed by atoms with E-state index in [4.69, 9.17) is 0 Å². The lowest BCUT2D eigenvalue weighted by molar-refractivity contribution is -0.124. The molecule has 2 nitrogen and oxygen atoms in total. The van der Waals surface area contributed by atoms with Crippen molar-refractivity contribution in [3.63, 3.8) is 0 Å². The van der Waals surface area contributed by atoms with Crippen molar-refractivity contribution in [1.29, 1.82) is 0 Å². The van der Waals surface area contributed by atoms with E-state index in [9.17, 15) is 4.79 Å². The third-order valence-electron chi connectivity index (χ3n) is 3.08. The number of rotatable bonds is 3. The Morgan fingerprint density at radius 2 is 2.00 bits per heavy atom. The van der Waals surface area contributed by atoms with Gasteiger partial charge in [0.25, 0.3) is 0 Å². The second-order valence-corrected chi connectivity index (χ2v) is 5.21. The number of anilines is 1. The van der Waals surface area contributed by atoms with Gasteiger partial charge < -0.3 is 5.32 Å². The molecule has 1 fully saturated rings. The van der Waals surface area contributed by atoms with Gasteiger partial charge >= 0.3 is 0 Å². The van der Waals surface area contributed by atoms with E-state index in [1.807, 2.05) is 24.3 Å². The first kappa shape index (κ1) is 11.6. The third kappa shape index (κ3) is 3.08. The van der Waals surface area contributed by atoms with Crippen LogP contribution in [0.5, 0.6) is 0 Å². The molecule has 0 aromatic heterocycles. The highest BCUT2D eigenvalue weighted by Gasteiger charge is 2.21. The maximum Gasteiger partial charge on any atom is 0.137 e. The van der Waals surface area contributed by atoms with E-state index in [0.29, 0.717) is 5.78 Å². The molecule has 0 bridgehead atoms. The average Bonchev–Trinajstić information content (AvgIpc) is 2.30. The molecule has 1 aromatic rings. The molecule has 1 N–H and O–H groups in total. The molecule has 0 amide bonds. The van der Waals surface area contributed by atoms with Crippen LogP contribution in [-0.4, -0.2) is 12.3 Å². The van der Waals surface area contributed by atoms with Gasteiger partial charge in [-0.1, -0.05) is 22.4 Å². The Labute approximate surface area is 105 Å². The molecule has 0 aliphatic heterocycles. The minimum atomic E-state index is 0.220. The van der Waals surface area contributed by atoms with Gasteiger partial charge in [0.05, 0.1) is 0 Å². The molecule has 0 heterocycles. The average molecular weight is 282 g/mol. The summed E-state index contributed by atoms with van der Waals surface area (Å²) in [5.74, 6) is 0.647. The van der Waals surface area contributed by atoms with Gasteiger partial charge in [0.2, 0.25) is 0 Å². The zero-order valence-corrected chi connectivity index (χ0v) is 10.8. The van der Waals surface area contributed by atoms with Gasteiger partial charge in [-0.15, -0.1) is 0 Å². The van der Waals surface area contributed by atoms with Gasteiger partial charge in [0.15, 0.2) is 0 Å². The first-order chi connectivity index (χ1) is 7.75. The van der Waals surface area contributed by atoms with Crippen LogP contribution < -0.4 is 5.32 Å². The Morgan fingerprint density at radius 1 is 1.25 bits per heavy atom. The molecule has 2 rings (SSSR count). The van der Waals surface area contributed by atoms with Crippen LogP contribution in [-0.2, 0) is 4.79 Å². The normalized spacial score (nSPS) is 20.8. The topological polar surface area (TPSA) is 29.1 Å². The first-order valence-corrected chi connectivity index (χ1v) is 6.57. The molecule has 3 heteroatoms. The minimum Gasteiger partial charge on any atom is -0.384 e. The molecule has 1 atom stereocenters. The largest absolute Gasteiger partial charge is 0.384 e. The van der Waals surface area contributed by atoms with Crippen molar-refractivity contribution in [2.75, 3.05) is 11.9 Å². The highest BCUT2D eigenvalue weighted by atomic mass is 79.9. The Hall–Kier alpha value is -0.830. The molecule has 1 aliphatic carbocycles. The van der Waals surface area contributed by atoms with E-state index in [0.717, 1.165) is 36.0 Å². The van der Waals surface area contributed by atoms with Gasteiger partial charge in [-0.25, -0.2) is 0 Å². The maximum atomic E-state index is 11.6. The Balaban J connectivity index is 1.86. The smallest absolute Gasteiger partial charge is 0.137 e. The lowest BCUT2D eigenvalue weighted by Gasteiger charge is -2.21. The van der Waals surface area contributed by atoms with Crippen molar-refractivity contribution in [3.05, 3.63) is 28.7 Å². The number of carbonyl (C=O) groups excluding carboxylic acids is 1. The molecule has 16 heavy (non-hydrogen) atoms. The maximum absolute atomic E-state index is 11.6. The molecule has 0 unspecified atom stereocenters. The highest BCUT2D eigenvalue weighted by Crippen LogP contribution is 2.21. The summed E-state index contributed by atoms with van der Waals surface area (Å²) in [5, 5.41) is 3.33. The zero-order chi connectivity index (χ0) is 11.4. The number of benzene rings is 1. The van der Waals surface area contributed by atoms with E-state index in [-0.39, 0.29) is 5.92 Å². The zero-order valence-electron chi connectivity index (χ0n) is 9.21. The molecular formula is C13H16BrNO. The molecule has 0 radical (unpaired) electrons. The molecule has 0 saturated heterocycles. The lowest BCUT2D eigenvalue weighted by atomic mass is 9.88. The third-order valence-corrected chi connectivity index (χ3v) is 3.61. The number of halogens is 1. The van der Waals surface area contributed by atoms with Crippen LogP contribution in [0.15, 0.2) is 28.7 Å². The van der Waals surface area contributed by atoms with Gasteiger partial charge in [-0.2, -0.15) is 0 Å². The molecule has 1 saturated carbocycles. The van der Waals surface area contributed by atoms with Crippen molar-refractivity contribution >= 4 is 27.4 Å². The van der Waals surface area contributed by atoms with E-state index in [1.165, 1.54) is 6.42 Å². The van der Waals surface area contributed by atoms with Crippen LogP contribution in [0.1, 0.15) is 25.7 Å². The van der Waals surface area contributed by atoms with Crippen molar-refractivity contribution in [1.82, 2.24) is 0 Å². The molecule has 1 aliphatic rings. The number of carbonyl (C=O) groups is 1. The fourth-order valence-electron chi connectivity index (χ4n) is 2.08. The van der Waals surface area contributed by atoms with Crippen LogP contribution in [0.3, 0.4) is 0 Å². The summed E-state index contributed by atoms with van der Waals surface area (Å²) in [5.41, 5.74) is 1.08. The summed E-state index contributed by atoms with van der Waals surface area (Å²) in [7, 11) is 0. The number of nitrogens with one attached hydrogen (secondary N) is 1. The molecular weight excluding hydrogens is 266 g/mol. The summed E-state index contributed by atoms with van der Waals surface area (Å²) in [4.78, 5) is 11.6. The summed E-state index contributed by atoms with van der Waals surface area (Å²) in [6.07, 6.45) is 4.08. The number of hydrogen-bond donors (Lipinski definition) is 1. The van der Waals surface area contributed by atoms with Crippen LogP contribution >= 0.6 is 15.9 Å². The fourth-order valence-corrected chi connectivity index (χ4v) is 2.34.